The van der Waals surface area contributed by atoms with Crippen molar-refractivity contribution in [2.45, 2.75) is 51.0 Å². The van der Waals surface area contributed by atoms with Crippen LogP contribution in [0.25, 0.3) is 11.1 Å². The molecule has 0 N–H and O–H groups in total. The summed E-state index contributed by atoms with van der Waals surface area (Å²) in [6, 6.07) is 6.92. The molecule has 0 spiro atoms. The van der Waals surface area contributed by atoms with Crippen molar-refractivity contribution in [1.29, 1.82) is 0 Å². The van der Waals surface area contributed by atoms with Crippen LogP contribution in [-0.2, 0) is 12.8 Å². The highest BCUT2D eigenvalue weighted by atomic mass is 16.7. The van der Waals surface area contributed by atoms with E-state index in [1.807, 2.05) is 0 Å². The molecule has 0 amide bonds. The van der Waals surface area contributed by atoms with E-state index in [-0.39, 0.29) is 0 Å². The lowest BCUT2D eigenvalue weighted by molar-refractivity contribution is 0.174. The molecule has 1 unspecified atom stereocenters. The fourth-order valence-electron chi connectivity index (χ4n) is 5.94. The number of benzene rings is 2. The highest BCUT2D eigenvalue weighted by Gasteiger charge is 2.37. The van der Waals surface area contributed by atoms with Gasteiger partial charge >= 0.3 is 0 Å². The number of nitrogens with zero attached hydrogens (tertiary/aromatic N) is 1. The van der Waals surface area contributed by atoms with Crippen molar-refractivity contribution in [3.05, 3.63) is 34.9 Å². The minimum Gasteiger partial charge on any atom is -0.493 e. The lowest BCUT2D eigenvalue weighted by Gasteiger charge is -2.40. The normalized spacial score (nSPS) is 22.1. The van der Waals surface area contributed by atoms with Crippen molar-refractivity contribution < 1.29 is 18.9 Å². The molecule has 0 bridgehead atoms. The van der Waals surface area contributed by atoms with E-state index in [9.17, 15) is 0 Å². The fraction of sp³-hybridized carbons (Fsp3) is 0.538. The van der Waals surface area contributed by atoms with Crippen LogP contribution in [0.2, 0.25) is 0 Å². The Morgan fingerprint density at radius 1 is 1.03 bits per heavy atom. The molecule has 6 rings (SSSR count). The fourth-order valence-corrected chi connectivity index (χ4v) is 5.94. The molecule has 31 heavy (non-hydrogen) atoms. The third-order valence-corrected chi connectivity index (χ3v) is 7.66. The second-order valence-electron chi connectivity index (χ2n) is 9.48. The molecule has 1 saturated carbocycles. The first-order chi connectivity index (χ1) is 15.2. The van der Waals surface area contributed by atoms with Gasteiger partial charge in [-0.2, -0.15) is 0 Å². The number of methoxy groups -OCH3 is 1. The summed E-state index contributed by atoms with van der Waals surface area (Å²) in [5.41, 5.74) is 6.53. The van der Waals surface area contributed by atoms with Crippen LogP contribution in [0.5, 0.6) is 23.0 Å². The molecule has 0 saturated heterocycles. The zero-order valence-corrected chi connectivity index (χ0v) is 18.5. The maximum absolute atomic E-state index is 6.63. The molecule has 164 valence electrons. The first-order valence-corrected chi connectivity index (χ1v) is 11.7. The Morgan fingerprint density at radius 3 is 2.65 bits per heavy atom. The maximum atomic E-state index is 6.63. The van der Waals surface area contributed by atoms with Crippen LogP contribution in [0.4, 0.5) is 0 Å². The summed E-state index contributed by atoms with van der Waals surface area (Å²) in [4.78, 5) is 2.48. The van der Waals surface area contributed by atoms with E-state index >= 15 is 0 Å². The Balaban J connectivity index is 1.50. The van der Waals surface area contributed by atoms with E-state index < -0.39 is 0 Å². The van der Waals surface area contributed by atoms with Gasteiger partial charge in [0.15, 0.2) is 23.0 Å². The average molecular weight is 422 g/mol. The van der Waals surface area contributed by atoms with Crippen LogP contribution in [0.15, 0.2) is 18.2 Å². The van der Waals surface area contributed by atoms with Gasteiger partial charge in [-0.15, -0.1) is 0 Å². The topological polar surface area (TPSA) is 40.2 Å². The molecule has 1 fully saturated rings. The van der Waals surface area contributed by atoms with Crippen molar-refractivity contribution in [3.8, 4) is 34.1 Å². The van der Waals surface area contributed by atoms with Gasteiger partial charge in [-0.1, -0.05) is 19.3 Å². The number of rotatable bonds is 4. The van der Waals surface area contributed by atoms with Crippen molar-refractivity contribution in [1.82, 2.24) is 4.90 Å². The van der Waals surface area contributed by atoms with E-state index in [4.69, 9.17) is 18.9 Å². The minimum absolute atomic E-state index is 0.294. The monoisotopic (exact) mass is 421 g/mol. The van der Waals surface area contributed by atoms with Gasteiger partial charge in [-0.3, -0.25) is 4.90 Å². The van der Waals surface area contributed by atoms with E-state index in [0.717, 1.165) is 49.0 Å². The van der Waals surface area contributed by atoms with E-state index in [0.29, 0.717) is 18.8 Å². The van der Waals surface area contributed by atoms with E-state index in [1.54, 1.807) is 7.11 Å². The van der Waals surface area contributed by atoms with Crippen LogP contribution in [-0.4, -0.2) is 39.0 Å². The summed E-state index contributed by atoms with van der Waals surface area (Å²) >= 11 is 0. The highest BCUT2D eigenvalue weighted by molar-refractivity contribution is 5.85. The Hall–Kier alpha value is -2.40. The predicted molar refractivity (Wildman–Crippen MR) is 119 cm³/mol. The zero-order chi connectivity index (χ0) is 20.9. The van der Waals surface area contributed by atoms with Crippen molar-refractivity contribution >= 4 is 0 Å². The summed E-state index contributed by atoms with van der Waals surface area (Å²) in [6.07, 6.45) is 8.55. The van der Waals surface area contributed by atoms with Gasteiger partial charge in [0.1, 0.15) is 0 Å². The van der Waals surface area contributed by atoms with Gasteiger partial charge in [0.05, 0.1) is 13.7 Å². The molecule has 2 aromatic rings. The first-order valence-electron chi connectivity index (χ1n) is 11.7. The summed E-state index contributed by atoms with van der Waals surface area (Å²) < 4.78 is 24.0. The van der Waals surface area contributed by atoms with Gasteiger partial charge in [-0.05, 0) is 79.1 Å². The Morgan fingerprint density at radius 2 is 1.84 bits per heavy atom. The highest BCUT2D eigenvalue weighted by Crippen LogP contribution is 2.54. The summed E-state index contributed by atoms with van der Waals surface area (Å²) in [5.74, 6) is 4.09. The summed E-state index contributed by atoms with van der Waals surface area (Å²) in [6.45, 7) is 2.12. The molecule has 2 aliphatic heterocycles. The molecular formula is C26H31NO4. The third-order valence-electron chi connectivity index (χ3n) is 7.66. The zero-order valence-electron chi connectivity index (χ0n) is 18.5. The maximum Gasteiger partial charge on any atom is 0.231 e. The molecular weight excluding hydrogens is 390 g/mol. The molecule has 0 radical (unpaired) electrons. The molecule has 2 heterocycles. The average Bonchev–Trinajstić information content (AvgIpc) is 3.26. The van der Waals surface area contributed by atoms with Crippen LogP contribution >= 0.6 is 0 Å². The Bertz CT molecular complexity index is 1010. The lowest BCUT2D eigenvalue weighted by atomic mass is 9.76. The van der Waals surface area contributed by atoms with E-state index in [2.05, 4.69) is 30.1 Å². The molecule has 2 aromatic carbocycles. The second kappa shape index (κ2) is 7.63. The first kappa shape index (κ1) is 19.3. The van der Waals surface area contributed by atoms with Crippen LogP contribution < -0.4 is 18.9 Å². The third kappa shape index (κ3) is 3.16. The Kier molecular flexibility index (Phi) is 4.75. The molecule has 4 aliphatic rings. The summed E-state index contributed by atoms with van der Waals surface area (Å²) in [5, 5.41) is 0. The molecule has 0 aromatic heterocycles. The van der Waals surface area contributed by atoms with Gasteiger partial charge < -0.3 is 18.9 Å². The van der Waals surface area contributed by atoms with Crippen molar-refractivity contribution in [2.24, 2.45) is 5.92 Å². The number of ether oxygens (including phenoxy) is 4. The van der Waals surface area contributed by atoms with Gasteiger partial charge in [0.2, 0.25) is 6.79 Å². The summed E-state index contributed by atoms with van der Waals surface area (Å²) in [7, 11) is 4.00. The molecule has 5 heteroatoms. The smallest absolute Gasteiger partial charge is 0.231 e. The minimum atomic E-state index is 0.294. The second-order valence-corrected chi connectivity index (χ2v) is 9.48. The number of fused-ring (bicyclic) bond motifs is 3. The van der Waals surface area contributed by atoms with Gasteiger partial charge in [0.25, 0.3) is 0 Å². The van der Waals surface area contributed by atoms with Crippen molar-refractivity contribution in [2.75, 3.05) is 34.1 Å². The van der Waals surface area contributed by atoms with E-state index in [1.165, 1.54) is 59.9 Å². The number of likely N-dealkylation sites (N-methyl/N-ethyl adjacent to an activating group) is 1. The van der Waals surface area contributed by atoms with Gasteiger partial charge in [0, 0.05) is 18.2 Å². The van der Waals surface area contributed by atoms with Crippen LogP contribution in [0, 0.1) is 5.92 Å². The van der Waals surface area contributed by atoms with Gasteiger partial charge in [-0.25, -0.2) is 0 Å². The molecule has 2 aliphatic carbocycles. The SMILES string of the molecule is COc1cc2c3c(c1OCC1CCCCC1)-c1cc4c(cc1CC3N(C)CC2)OCO4. The van der Waals surface area contributed by atoms with Crippen LogP contribution in [0.3, 0.4) is 0 Å². The number of hydrogen-bond donors (Lipinski definition) is 0. The molecule has 1 atom stereocenters. The quantitative estimate of drug-likeness (QED) is 0.684. The predicted octanol–water partition coefficient (Wildman–Crippen LogP) is 5.14. The Labute approximate surface area is 184 Å². The molecule has 5 nitrogen and oxygen atoms in total. The number of hydrogen-bond acceptors (Lipinski definition) is 5. The lowest BCUT2D eigenvalue weighted by Crippen LogP contribution is -2.35. The van der Waals surface area contributed by atoms with Crippen molar-refractivity contribution in [3.63, 3.8) is 0 Å². The van der Waals surface area contributed by atoms with Crippen LogP contribution in [0.1, 0.15) is 54.8 Å². The largest absolute Gasteiger partial charge is 0.493 e. The standard InChI is InChI=1S/C26H31NO4/c1-27-9-8-17-11-23(28-2)26(29-14-16-6-4-3-5-7-16)25-19-13-22-21(30-15-31-22)12-18(19)10-20(27)24(17)25/h11-13,16,20H,3-10,14-15H2,1-2H3.